The summed E-state index contributed by atoms with van der Waals surface area (Å²) in [5.41, 5.74) is 6.65. The molecule has 2 amide bonds. The summed E-state index contributed by atoms with van der Waals surface area (Å²) in [6, 6.07) is 6.58. The second-order valence-corrected chi connectivity index (χ2v) is 5.28. The zero-order valence-electron chi connectivity index (χ0n) is 12.9. The van der Waals surface area contributed by atoms with E-state index in [9.17, 15) is 9.59 Å². The second-order valence-electron chi connectivity index (χ2n) is 5.28. The van der Waals surface area contributed by atoms with Crippen LogP contribution in [0.15, 0.2) is 24.3 Å². The van der Waals surface area contributed by atoms with Gasteiger partial charge < -0.3 is 20.9 Å². The van der Waals surface area contributed by atoms with Gasteiger partial charge in [-0.25, -0.2) is 0 Å². The average Bonchev–Trinajstić information content (AvgIpc) is 2.44. The molecule has 1 rings (SSSR count). The average molecular weight is 292 g/mol. The van der Waals surface area contributed by atoms with Crippen molar-refractivity contribution in [2.24, 2.45) is 0 Å². The topological polar surface area (TPSA) is 78.7 Å². The van der Waals surface area contributed by atoms with Crippen LogP contribution in [-0.2, 0) is 4.79 Å². The molecule has 21 heavy (non-hydrogen) atoms. The van der Waals surface area contributed by atoms with E-state index in [-0.39, 0.29) is 18.4 Å². The summed E-state index contributed by atoms with van der Waals surface area (Å²) >= 11 is 0. The molecule has 0 aliphatic rings. The number of nitrogens with one attached hydrogen (secondary N) is 1. The van der Waals surface area contributed by atoms with E-state index in [2.05, 4.69) is 10.2 Å². The predicted molar refractivity (Wildman–Crippen MR) is 84.0 cm³/mol. The van der Waals surface area contributed by atoms with Crippen LogP contribution < -0.4 is 11.1 Å². The molecule has 0 unspecified atom stereocenters. The summed E-state index contributed by atoms with van der Waals surface area (Å²) in [4.78, 5) is 27.4. The molecule has 0 heterocycles. The van der Waals surface area contributed by atoms with Crippen LogP contribution in [0.25, 0.3) is 0 Å². The van der Waals surface area contributed by atoms with E-state index in [1.807, 2.05) is 14.1 Å². The molecule has 0 saturated heterocycles. The molecule has 0 aliphatic heterocycles. The van der Waals surface area contributed by atoms with Gasteiger partial charge in [0.25, 0.3) is 5.91 Å². The van der Waals surface area contributed by atoms with Gasteiger partial charge in [0, 0.05) is 24.8 Å². The molecule has 3 N–H and O–H groups in total. The summed E-state index contributed by atoms with van der Waals surface area (Å²) in [6.45, 7) is 1.60. The number of amides is 2. The first-order chi connectivity index (χ1) is 9.90. The van der Waals surface area contributed by atoms with Gasteiger partial charge in [-0.2, -0.15) is 0 Å². The Bertz CT molecular complexity index is 471. The zero-order valence-corrected chi connectivity index (χ0v) is 12.9. The molecule has 116 valence electrons. The lowest BCUT2D eigenvalue weighted by molar-refractivity contribution is -0.128. The molecule has 0 fully saturated rings. The molecule has 1 aromatic rings. The van der Waals surface area contributed by atoms with Crippen molar-refractivity contribution in [3.8, 4) is 0 Å². The van der Waals surface area contributed by atoms with Crippen LogP contribution in [-0.4, -0.2) is 62.4 Å². The number of hydrogen-bond donors (Lipinski definition) is 2. The number of anilines is 1. The van der Waals surface area contributed by atoms with Crippen molar-refractivity contribution in [1.82, 2.24) is 15.1 Å². The predicted octanol–water partition coefficient (Wildman–Crippen LogP) is 0.409. The van der Waals surface area contributed by atoms with E-state index in [1.165, 1.54) is 0 Å². The van der Waals surface area contributed by atoms with Crippen LogP contribution in [0.4, 0.5) is 5.69 Å². The number of carbonyl (C=O) groups is 2. The third-order valence-corrected chi connectivity index (χ3v) is 3.10. The Balaban J connectivity index is 2.34. The van der Waals surface area contributed by atoms with Gasteiger partial charge in [-0.3, -0.25) is 9.59 Å². The summed E-state index contributed by atoms with van der Waals surface area (Å²) in [5, 5.41) is 2.62. The first-order valence-electron chi connectivity index (χ1n) is 6.92. The molecular weight excluding hydrogens is 268 g/mol. The van der Waals surface area contributed by atoms with Gasteiger partial charge >= 0.3 is 0 Å². The monoisotopic (exact) mass is 292 g/mol. The van der Waals surface area contributed by atoms with Crippen LogP contribution in [0.5, 0.6) is 0 Å². The normalized spacial score (nSPS) is 10.5. The lowest BCUT2D eigenvalue weighted by Crippen LogP contribution is -2.39. The highest BCUT2D eigenvalue weighted by atomic mass is 16.2. The summed E-state index contributed by atoms with van der Waals surface area (Å²) < 4.78 is 0. The molecule has 0 saturated carbocycles. The Hall–Kier alpha value is -2.08. The molecule has 0 aliphatic carbocycles. The maximum Gasteiger partial charge on any atom is 0.251 e. The first kappa shape index (κ1) is 17.0. The zero-order chi connectivity index (χ0) is 15.8. The van der Waals surface area contributed by atoms with Crippen LogP contribution in [0, 0.1) is 0 Å². The molecule has 0 radical (unpaired) electrons. The summed E-state index contributed by atoms with van der Waals surface area (Å²) in [7, 11) is 5.73. The van der Waals surface area contributed by atoms with Crippen molar-refractivity contribution in [3.05, 3.63) is 29.8 Å². The minimum Gasteiger partial charge on any atom is -0.399 e. The lowest BCUT2D eigenvalue weighted by atomic mass is 10.2. The second kappa shape index (κ2) is 8.26. The Morgan fingerprint density at radius 2 is 1.71 bits per heavy atom. The van der Waals surface area contributed by atoms with Crippen molar-refractivity contribution in [1.29, 1.82) is 0 Å². The smallest absolute Gasteiger partial charge is 0.251 e. The van der Waals surface area contributed by atoms with E-state index in [0.717, 1.165) is 13.0 Å². The molecule has 0 aromatic heterocycles. The van der Waals surface area contributed by atoms with E-state index in [0.29, 0.717) is 17.8 Å². The van der Waals surface area contributed by atoms with E-state index in [4.69, 9.17) is 5.73 Å². The van der Waals surface area contributed by atoms with Crippen LogP contribution in [0.1, 0.15) is 16.8 Å². The fraction of sp³-hybridized carbons (Fsp3) is 0.467. The molecule has 6 heteroatoms. The van der Waals surface area contributed by atoms with Crippen LogP contribution >= 0.6 is 0 Å². The molecular formula is C15H24N4O2. The number of nitrogen functional groups attached to an aromatic ring is 1. The maximum atomic E-state index is 11.9. The van der Waals surface area contributed by atoms with Crippen molar-refractivity contribution in [2.45, 2.75) is 6.42 Å². The number of nitrogens with zero attached hydrogens (tertiary/aromatic N) is 2. The van der Waals surface area contributed by atoms with Crippen molar-refractivity contribution < 1.29 is 9.59 Å². The molecule has 1 aromatic carbocycles. The molecule has 0 bridgehead atoms. The first-order valence-corrected chi connectivity index (χ1v) is 6.92. The van der Waals surface area contributed by atoms with Crippen molar-refractivity contribution in [3.63, 3.8) is 0 Å². The lowest BCUT2D eigenvalue weighted by Gasteiger charge is -2.18. The quantitative estimate of drug-likeness (QED) is 0.713. The third-order valence-electron chi connectivity index (χ3n) is 3.10. The highest BCUT2D eigenvalue weighted by Gasteiger charge is 2.11. The van der Waals surface area contributed by atoms with Crippen LogP contribution in [0.2, 0.25) is 0 Å². The van der Waals surface area contributed by atoms with Gasteiger partial charge in [-0.15, -0.1) is 0 Å². The van der Waals surface area contributed by atoms with Gasteiger partial charge in [0.2, 0.25) is 5.91 Å². The van der Waals surface area contributed by atoms with E-state index < -0.39 is 0 Å². The third kappa shape index (κ3) is 6.27. The largest absolute Gasteiger partial charge is 0.399 e. The van der Waals surface area contributed by atoms with E-state index >= 15 is 0 Å². The number of carbonyl (C=O) groups excluding carboxylic acids is 2. The van der Waals surface area contributed by atoms with Gasteiger partial charge in [0.1, 0.15) is 0 Å². The van der Waals surface area contributed by atoms with Crippen LogP contribution in [0.3, 0.4) is 0 Å². The highest BCUT2D eigenvalue weighted by Crippen LogP contribution is 2.04. The summed E-state index contributed by atoms with van der Waals surface area (Å²) in [6.07, 6.45) is 0.904. The minimum absolute atomic E-state index is 0.00166. The van der Waals surface area contributed by atoms with Crippen molar-refractivity contribution >= 4 is 17.5 Å². The Morgan fingerprint density at radius 3 is 2.29 bits per heavy atom. The standard InChI is InChI=1S/C15H24N4O2/c1-18(2)9-4-10-19(3)14(20)11-17-15(21)12-5-7-13(16)8-6-12/h5-8H,4,9-11,16H2,1-3H3,(H,17,21). The van der Waals surface area contributed by atoms with Gasteiger partial charge in [0.05, 0.1) is 6.54 Å². The van der Waals surface area contributed by atoms with Gasteiger partial charge in [0.15, 0.2) is 0 Å². The Morgan fingerprint density at radius 1 is 1.10 bits per heavy atom. The highest BCUT2D eigenvalue weighted by molar-refractivity contribution is 5.96. The SMILES string of the molecule is CN(C)CCCN(C)C(=O)CNC(=O)c1ccc(N)cc1. The minimum atomic E-state index is -0.273. The number of nitrogens with two attached hydrogens (primary N) is 1. The molecule has 6 nitrogen and oxygen atoms in total. The molecule has 0 spiro atoms. The van der Waals surface area contributed by atoms with Gasteiger partial charge in [-0.1, -0.05) is 0 Å². The fourth-order valence-corrected chi connectivity index (χ4v) is 1.78. The summed E-state index contributed by atoms with van der Waals surface area (Å²) in [5.74, 6) is -0.373. The fourth-order valence-electron chi connectivity index (χ4n) is 1.78. The van der Waals surface area contributed by atoms with E-state index in [1.54, 1.807) is 36.2 Å². The van der Waals surface area contributed by atoms with Gasteiger partial charge in [-0.05, 0) is 51.3 Å². The molecule has 0 atom stereocenters. The Labute approximate surface area is 125 Å². The number of hydrogen-bond acceptors (Lipinski definition) is 4. The van der Waals surface area contributed by atoms with Crippen molar-refractivity contribution in [2.75, 3.05) is 46.5 Å². The number of benzene rings is 1. The Kier molecular flexibility index (Phi) is 6.68. The maximum absolute atomic E-state index is 11.9. The number of rotatable bonds is 7. The number of likely N-dealkylation sites (N-methyl/N-ethyl adjacent to an activating group) is 1.